The van der Waals surface area contributed by atoms with Gasteiger partial charge in [0.1, 0.15) is 11.4 Å². The molecule has 0 atom stereocenters. The van der Waals surface area contributed by atoms with Gasteiger partial charge in [-0.15, -0.1) is 0 Å². The third-order valence-corrected chi connectivity index (χ3v) is 6.39. The average molecular weight is 510 g/mol. The Morgan fingerprint density at radius 2 is 1.76 bits per heavy atom. The fourth-order valence-electron chi connectivity index (χ4n) is 4.54. The minimum Gasteiger partial charge on any atom is -0.497 e. The third-order valence-electron chi connectivity index (χ3n) is 6.39. The minimum absolute atomic E-state index is 0.144. The number of hydrogen-bond acceptors (Lipinski definition) is 5. The van der Waals surface area contributed by atoms with Crippen molar-refractivity contribution in [3.63, 3.8) is 0 Å². The number of hydrogen-bond donors (Lipinski definition) is 0. The van der Waals surface area contributed by atoms with E-state index in [-0.39, 0.29) is 12.1 Å². The van der Waals surface area contributed by atoms with Crippen LogP contribution in [0.2, 0.25) is 0 Å². The van der Waals surface area contributed by atoms with E-state index in [0.29, 0.717) is 30.9 Å². The summed E-state index contributed by atoms with van der Waals surface area (Å²) in [4.78, 5) is 21.1. The number of rotatable bonds is 6. The first-order valence-corrected chi connectivity index (χ1v) is 12.4. The lowest BCUT2D eigenvalue weighted by Gasteiger charge is -2.40. The van der Waals surface area contributed by atoms with E-state index >= 15 is 0 Å². The number of anilines is 1. The van der Waals surface area contributed by atoms with E-state index in [1.165, 1.54) is 6.07 Å². The lowest BCUT2D eigenvalue weighted by atomic mass is 9.99. The Labute approximate surface area is 216 Å². The van der Waals surface area contributed by atoms with Gasteiger partial charge in [0.2, 0.25) is 0 Å². The van der Waals surface area contributed by atoms with Gasteiger partial charge in [-0.05, 0) is 87.7 Å². The summed E-state index contributed by atoms with van der Waals surface area (Å²) < 4.78 is 38.5. The normalized spacial score (nSPS) is 14.4. The standard InChI is InChI=1S/C29H33F2N3O3/c1-29(2,3)37-28(35)33-16-13-23(14-17-33)34(22-8-10-24(36-4)11-9-22)19-21-6-5-15-32-27(21)20-7-12-25(30)26(31)18-20/h5-12,15,18,23H,13-14,16-17,19H2,1-4H3. The predicted octanol–water partition coefficient (Wildman–Crippen LogP) is 6.44. The molecule has 0 aliphatic carbocycles. The molecule has 0 radical (unpaired) electrons. The van der Waals surface area contributed by atoms with Gasteiger partial charge in [-0.25, -0.2) is 13.6 Å². The summed E-state index contributed by atoms with van der Waals surface area (Å²) in [5.74, 6) is -1.04. The van der Waals surface area contributed by atoms with E-state index in [0.717, 1.165) is 35.9 Å². The highest BCUT2D eigenvalue weighted by Gasteiger charge is 2.30. The lowest BCUT2D eigenvalue weighted by molar-refractivity contribution is 0.0204. The van der Waals surface area contributed by atoms with Crippen molar-refractivity contribution in [3.8, 4) is 17.0 Å². The number of amides is 1. The maximum absolute atomic E-state index is 14.0. The zero-order chi connectivity index (χ0) is 26.6. The quantitative estimate of drug-likeness (QED) is 0.383. The van der Waals surface area contributed by atoms with Crippen LogP contribution in [0.5, 0.6) is 5.75 Å². The van der Waals surface area contributed by atoms with E-state index < -0.39 is 17.2 Å². The van der Waals surface area contributed by atoms with Crippen molar-refractivity contribution >= 4 is 11.8 Å². The number of carbonyl (C=O) groups is 1. The molecule has 0 spiro atoms. The van der Waals surface area contributed by atoms with Crippen LogP contribution in [0, 0.1) is 11.6 Å². The van der Waals surface area contributed by atoms with E-state index in [1.807, 2.05) is 57.2 Å². The van der Waals surface area contributed by atoms with Crippen LogP contribution in [0.25, 0.3) is 11.3 Å². The molecule has 2 aromatic carbocycles. The first-order valence-electron chi connectivity index (χ1n) is 12.4. The summed E-state index contributed by atoms with van der Waals surface area (Å²) in [5.41, 5.74) is 2.46. The predicted molar refractivity (Wildman–Crippen MR) is 140 cm³/mol. The van der Waals surface area contributed by atoms with Crippen molar-refractivity contribution in [2.45, 2.75) is 51.8 Å². The van der Waals surface area contributed by atoms with Crippen LogP contribution in [0.15, 0.2) is 60.8 Å². The molecule has 1 saturated heterocycles. The largest absolute Gasteiger partial charge is 0.497 e. The fraction of sp³-hybridized carbons (Fsp3) is 0.379. The Morgan fingerprint density at radius 3 is 2.38 bits per heavy atom. The molecular formula is C29H33F2N3O3. The molecule has 2 heterocycles. The molecule has 0 saturated carbocycles. The second-order valence-electron chi connectivity index (χ2n) is 10.2. The van der Waals surface area contributed by atoms with Gasteiger partial charge >= 0.3 is 6.09 Å². The van der Waals surface area contributed by atoms with Gasteiger partial charge in [0.25, 0.3) is 0 Å². The Kier molecular flexibility index (Phi) is 7.95. The number of ether oxygens (including phenoxy) is 2. The van der Waals surface area contributed by atoms with Gasteiger partial charge < -0.3 is 19.3 Å². The number of nitrogens with zero attached hydrogens (tertiary/aromatic N) is 3. The molecular weight excluding hydrogens is 476 g/mol. The zero-order valence-electron chi connectivity index (χ0n) is 21.7. The number of likely N-dealkylation sites (tertiary alicyclic amines) is 1. The molecule has 1 aliphatic heterocycles. The van der Waals surface area contributed by atoms with Crippen molar-refractivity contribution in [1.29, 1.82) is 0 Å². The summed E-state index contributed by atoms with van der Waals surface area (Å²) in [5, 5.41) is 0. The molecule has 1 aromatic heterocycles. The van der Waals surface area contributed by atoms with Crippen LogP contribution in [0.1, 0.15) is 39.2 Å². The first kappa shape index (κ1) is 26.4. The molecule has 8 heteroatoms. The second-order valence-corrected chi connectivity index (χ2v) is 10.2. The van der Waals surface area contributed by atoms with Crippen LogP contribution < -0.4 is 9.64 Å². The van der Waals surface area contributed by atoms with Crippen LogP contribution >= 0.6 is 0 Å². The summed E-state index contributed by atoms with van der Waals surface area (Å²) in [7, 11) is 1.63. The van der Waals surface area contributed by atoms with Crippen molar-refractivity contribution < 1.29 is 23.0 Å². The highest BCUT2D eigenvalue weighted by Crippen LogP contribution is 2.31. The number of halogens is 2. The number of aromatic nitrogens is 1. The first-order chi connectivity index (χ1) is 17.6. The number of carbonyl (C=O) groups excluding carboxylic acids is 1. The molecule has 0 N–H and O–H groups in total. The maximum atomic E-state index is 14.0. The summed E-state index contributed by atoms with van der Waals surface area (Å²) in [6, 6.07) is 15.6. The van der Waals surface area contributed by atoms with Crippen LogP contribution in [0.3, 0.4) is 0 Å². The van der Waals surface area contributed by atoms with Crippen molar-refractivity contribution in [1.82, 2.24) is 9.88 Å². The summed E-state index contributed by atoms with van der Waals surface area (Å²) >= 11 is 0. The number of methoxy groups -OCH3 is 1. The molecule has 6 nitrogen and oxygen atoms in total. The Balaban J connectivity index is 1.60. The monoisotopic (exact) mass is 509 g/mol. The molecule has 1 aliphatic rings. The van der Waals surface area contributed by atoms with Gasteiger partial charge in [-0.3, -0.25) is 4.98 Å². The number of piperidine rings is 1. The Morgan fingerprint density at radius 1 is 1.05 bits per heavy atom. The van der Waals surface area contributed by atoms with Crippen molar-refractivity contribution in [2.24, 2.45) is 0 Å². The smallest absolute Gasteiger partial charge is 0.410 e. The highest BCUT2D eigenvalue weighted by molar-refractivity contribution is 5.68. The van der Waals surface area contributed by atoms with Gasteiger partial charge in [0, 0.05) is 43.1 Å². The summed E-state index contributed by atoms with van der Waals surface area (Å²) in [6.07, 6.45) is 2.87. The lowest BCUT2D eigenvalue weighted by Crippen LogP contribution is -2.48. The highest BCUT2D eigenvalue weighted by atomic mass is 19.2. The van der Waals surface area contributed by atoms with Crippen molar-refractivity contribution in [2.75, 3.05) is 25.1 Å². The molecule has 3 aromatic rings. The average Bonchev–Trinajstić information content (AvgIpc) is 2.88. The van der Waals surface area contributed by atoms with E-state index in [2.05, 4.69) is 9.88 Å². The van der Waals surface area contributed by atoms with E-state index in [1.54, 1.807) is 24.3 Å². The van der Waals surface area contributed by atoms with Crippen molar-refractivity contribution in [3.05, 3.63) is 78.0 Å². The summed E-state index contributed by atoms with van der Waals surface area (Å²) in [6.45, 7) is 7.25. The second kappa shape index (κ2) is 11.2. The minimum atomic E-state index is -0.907. The number of benzene rings is 2. The van der Waals surface area contributed by atoms with Crippen LogP contribution in [0.4, 0.5) is 19.3 Å². The molecule has 37 heavy (non-hydrogen) atoms. The van der Waals surface area contributed by atoms with Crippen LogP contribution in [-0.4, -0.2) is 47.8 Å². The van der Waals surface area contributed by atoms with Gasteiger partial charge in [-0.2, -0.15) is 0 Å². The Hall–Kier alpha value is -3.68. The molecule has 1 amide bonds. The number of pyridine rings is 1. The molecule has 0 unspecified atom stereocenters. The topological polar surface area (TPSA) is 54.9 Å². The Bertz CT molecular complexity index is 1220. The van der Waals surface area contributed by atoms with Gasteiger partial charge in [-0.1, -0.05) is 6.07 Å². The van der Waals surface area contributed by atoms with E-state index in [4.69, 9.17) is 9.47 Å². The maximum Gasteiger partial charge on any atom is 0.410 e. The zero-order valence-corrected chi connectivity index (χ0v) is 21.7. The van der Waals surface area contributed by atoms with Gasteiger partial charge in [0.05, 0.1) is 12.8 Å². The fourth-order valence-corrected chi connectivity index (χ4v) is 4.54. The molecule has 0 bridgehead atoms. The van der Waals surface area contributed by atoms with E-state index in [9.17, 15) is 13.6 Å². The van der Waals surface area contributed by atoms with Crippen LogP contribution in [-0.2, 0) is 11.3 Å². The molecule has 1 fully saturated rings. The molecule has 4 rings (SSSR count). The SMILES string of the molecule is COc1ccc(N(Cc2cccnc2-c2ccc(F)c(F)c2)C2CCN(C(=O)OC(C)(C)C)CC2)cc1. The van der Waals surface area contributed by atoms with Gasteiger partial charge in [0.15, 0.2) is 11.6 Å². The third kappa shape index (κ3) is 6.56. The molecule has 196 valence electrons.